The number of nitrogens with zero attached hydrogens (tertiary/aromatic N) is 1. The molecule has 0 radical (unpaired) electrons. The van der Waals surface area contributed by atoms with Gasteiger partial charge in [0.1, 0.15) is 18.5 Å². The number of imide groups is 1. The maximum Gasteiger partial charge on any atom is 0.294 e. The topological polar surface area (TPSA) is 125 Å². The largest absolute Gasteiger partial charge is 0.546 e. The summed E-state index contributed by atoms with van der Waals surface area (Å²) in [7, 11) is 1.36. The van der Waals surface area contributed by atoms with Crippen LogP contribution in [0.4, 0.5) is 14.9 Å². The summed E-state index contributed by atoms with van der Waals surface area (Å²) in [6.07, 6.45) is 0.236. The Morgan fingerprint density at radius 1 is 1.18 bits per heavy atom. The molecule has 1 atom stereocenters. The summed E-state index contributed by atoms with van der Waals surface area (Å²) in [5.41, 5.74) is 0.813. The molecule has 0 saturated carbocycles. The van der Waals surface area contributed by atoms with Gasteiger partial charge in [0.05, 0.1) is 18.0 Å². The van der Waals surface area contributed by atoms with Gasteiger partial charge in [-0.2, -0.15) is 0 Å². The van der Waals surface area contributed by atoms with Crippen molar-refractivity contribution < 1.29 is 38.1 Å². The van der Waals surface area contributed by atoms with Gasteiger partial charge in [0.2, 0.25) is 5.91 Å². The molecule has 172 valence electrons. The molecule has 1 saturated heterocycles. The second-order valence-corrected chi connectivity index (χ2v) is 7.81. The van der Waals surface area contributed by atoms with Crippen LogP contribution in [0.2, 0.25) is 0 Å². The van der Waals surface area contributed by atoms with Crippen molar-refractivity contribution in [2.24, 2.45) is 0 Å². The molecule has 11 heteroatoms. The number of rotatable bonds is 8. The third-order valence-corrected chi connectivity index (χ3v) is 5.33. The van der Waals surface area contributed by atoms with Gasteiger partial charge in [-0.1, -0.05) is 6.07 Å². The minimum Gasteiger partial charge on any atom is -0.546 e. The van der Waals surface area contributed by atoms with E-state index in [-0.39, 0.29) is 16.4 Å². The van der Waals surface area contributed by atoms with Gasteiger partial charge in [0, 0.05) is 5.69 Å². The molecular formula is C22H18FN2O7S-. The van der Waals surface area contributed by atoms with Crippen molar-refractivity contribution in [3.8, 4) is 11.5 Å². The number of carboxylic acid groups (broad SMARTS) is 1. The zero-order valence-corrected chi connectivity index (χ0v) is 18.3. The summed E-state index contributed by atoms with van der Waals surface area (Å²) >= 11 is 0.670. The van der Waals surface area contributed by atoms with E-state index in [2.05, 4.69) is 5.32 Å². The number of carboxylic acids is 1. The predicted molar refractivity (Wildman–Crippen MR) is 116 cm³/mol. The summed E-state index contributed by atoms with van der Waals surface area (Å²) in [4.78, 5) is 48.9. The van der Waals surface area contributed by atoms with Crippen LogP contribution in [0.3, 0.4) is 0 Å². The summed E-state index contributed by atoms with van der Waals surface area (Å²) < 4.78 is 23.4. The van der Waals surface area contributed by atoms with Gasteiger partial charge in [-0.3, -0.25) is 19.3 Å². The molecule has 0 bridgehead atoms. The van der Waals surface area contributed by atoms with E-state index in [0.29, 0.717) is 23.0 Å². The highest BCUT2D eigenvalue weighted by atomic mass is 32.2. The van der Waals surface area contributed by atoms with Gasteiger partial charge in [-0.05, 0) is 66.7 Å². The molecule has 1 N–H and O–H groups in total. The number of nitrogens with one attached hydrogen (secondary N) is 1. The number of methoxy groups -OCH3 is 1. The van der Waals surface area contributed by atoms with Crippen LogP contribution in [0.5, 0.6) is 11.5 Å². The highest BCUT2D eigenvalue weighted by molar-refractivity contribution is 8.18. The molecule has 1 aliphatic rings. The van der Waals surface area contributed by atoms with Crippen molar-refractivity contribution in [1.82, 2.24) is 4.90 Å². The van der Waals surface area contributed by atoms with Crippen LogP contribution in [0.15, 0.2) is 47.4 Å². The molecule has 3 rings (SSSR count). The molecule has 1 fully saturated rings. The molecule has 1 heterocycles. The first-order valence-electron chi connectivity index (χ1n) is 9.54. The Labute approximate surface area is 192 Å². The normalized spacial score (nSPS) is 15.5. The van der Waals surface area contributed by atoms with E-state index < -0.39 is 41.5 Å². The number of amides is 3. The molecule has 9 nitrogen and oxygen atoms in total. The lowest BCUT2D eigenvalue weighted by Gasteiger charge is -2.17. The predicted octanol–water partition coefficient (Wildman–Crippen LogP) is 2.03. The van der Waals surface area contributed by atoms with Crippen molar-refractivity contribution in [2.75, 3.05) is 19.0 Å². The molecule has 0 aromatic heterocycles. The number of aliphatic carboxylic acids is 1. The maximum absolute atomic E-state index is 13.0. The number of anilines is 1. The van der Waals surface area contributed by atoms with E-state index in [9.17, 15) is 28.7 Å². The van der Waals surface area contributed by atoms with Crippen LogP contribution < -0.4 is 19.9 Å². The van der Waals surface area contributed by atoms with Crippen molar-refractivity contribution >= 4 is 46.5 Å². The fourth-order valence-corrected chi connectivity index (χ4v) is 3.61. The zero-order chi connectivity index (χ0) is 24.1. The third kappa shape index (κ3) is 5.89. The molecule has 0 aliphatic carbocycles. The third-order valence-electron chi connectivity index (χ3n) is 4.42. The van der Waals surface area contributed by atoms with Crippen LogP contribution in [0, 0.1) is 5.82 Å². The lowest BCUT2D eigenvalue weighted by Crippen LogP contribution is -2.37. The van der Waals surface area contributed by atoms with E-state index in [1.165, 1.54) is 56.5 Å². The minimum absolute atomic E-state index is 0.0911. The number of ether oxygens (including phenoxy) is 2. The Hall–Kier alpha value is -3.86. The lowest BCUT2D eigenvalue weighted by atomic mass is 10.2. The number of hydrogen-bond donors (Lipinski definition) is 1. The first-order valence-corrected chi connectivity index (χ1v) is 10.4. The van der Waals surface area contributed by atoms with E-state index >= 15 is 0 Å². The Morgan fingerprint density at radius 3 is 2.52 bits per heavy atom. The Balaban J connectivity index is 1.71. The van der Waals surface area contributed by atoms with E-state index in [0.717, 1.165) is 4.90 Å². The number of carbonyl (C=O) groups is 4. The summed E-state index contributed by atoms with van der Waals surface area (Å²) in [5, 5.41) is 12.8. The van der Waals surface area contributed by atoms with Crippen LogP contribution in [-0.4, -0.2) is 47.7 Å². The highest BCUT2D eigenvalue weighted by Gasteiger charge is 2.36. The van der Waals surface area contributed by atoms with Crippen LogP contribution in [-0.2, 0) is 14.4 Å². The van der Waals surface area contributed by atoms with E-state index in [1.54, 1.807) is 6.07 Å². The second-order valence-electron chi connectivity index (χ2n) is 6.81. The maximum atomic E-state index is 13.0. The first-order chi connectivity index (χ1) is 15.7. The first kappa shape index (κ1) is 23.8. The molecule has 0 spiro atoms. The number of halogens is 1. The number of thioether (sulfide) groups is 1. The summed E-state index contributed by atoms with van der Waals surface area (Å²) in [6.45, 7) is 0.807. The Kier molecular flexibility index (Phi) is 7.34. The van der Waals surface area contributed by atoms with E-state index in [4.69, 9.17) is 9.47 Å². The van der Waals surface area contributed by atoms with Gasteiger partial charge in [-0.25, -0.2) is 4.39 Å². The molecule has 2 aromatic carbocycles. The van der Waals surface area contributed by atoms with Gasteiger partial charge in [0.25, 0.3) is 11.1 Å². The van der Waals surface area contributed by atoms with Crippen LogP contribution in [0.1, 0.15) is 12.5 Å². The second kappa shape index (κ2) is 10.2. The molecule has 33 heavy (non-hydrogen) atoms. The molecule has 1 aliphatic heterocycles. The molecule has 0 unspecified atom stereocenters. The van der Waals surface area contributed by atoms with Crippen molar-refractivity contribution in [1.29, 1.82) is 0 Å². The van der Waals surface area contributed by atoms with Gasteiger partial charge in [0.15, 0.2) is 11.5 Å². The quantitative estimate of drug-likeness (QED) is 0.578. The van der Waals surface area contributed by atoms with Gasteiger partial charge < -0.3 is 24.7 Å². The van der Waals surface area contributed by atoms with Crippen LogP contribution >= 0.6 is 11.8 Å². The van der Waals surface area contributed by atoms with Crippen molar-refractivity contribution in [3.05, 3.63) is 58.8 Å². The summed E-state index contributed by atoms with van der Waals surface area (Å²) in [5.74, 6) is -2.74. The lowest BCUT2D eigenvalue weighted by molar-refractivity contribution is -0.312. The minimum atomic E-state index is -1.39. The number of hydrogen-bond acceptors (Lipinski definition) is 8. The van der Waals surface area contributed by atoms with E-state index in [1.807, 2.05) is 0 Å². The van der Waals surface area contributed by atoms with Crippen molar-refractivity contribution in [2.45, 2.75) is 13.0 Å². The SMILES string of the molecule is COc1cc(/C=C2\SC(=O)N(CC(=O)Nc3ccc(F)cc3)C2=O)ccc1O[C@@H](C)C(=O)[O-]. The Bertz CT molecular complexity index is 1130. The average molecular weight is 473 g/mol. The zero-order valence-electron chi connectivity index (χ0n) is 17.5. The number of benzene rings is 2. The fraction of sp³-hybridized carbons (Fsp3) is 0.182. The Morgan fingerprint density at radius 2 is 1.88 bits per heavy atom. The number of carbonyl (C=O) groups excluding carboxylic acids is 4. The average Bonchev–Trinajstić information content (AvgIpc) is 3.03. The van der Waals surface area contributed by atoms with Gasteiger partial charge >= 0.3 is 0 Å². The standard InChI is InChI=1S/C22H19FN2O7S/c1-12(21(28)29)32-16-8-3-13(9-17(16)31-2)10-18-20(27)25(22(30)33-18)11-19(26)24-15-6-4-14(23)5-7-15/h3-10,12H,11H2,1-2H3,(H,24,26)(H,28,29)/p-1/b18-10-/t12-/m0/s1. The molecule has 2 aromatic rings. The fourth-order valence-electron chi connectivity index (χ4n) is 2.77. The monoisotopic (exact) mass is 473 g/mol. The smallest absolute Gasteiger partial charge is 0.294 e. The summed E-state index contributed by atoms with van der Waals surface area (Å²) in [6, 6.07) is 9.57. The van der Waals surface area contributed by atoms with Crippen molar-refractivity contribution in [3.63, 3.8) is 0 Å². The molecule has 3 amide bonds. The van der Waals surface area contributed by atoms with Gasteiger partial charge in [-0.15, -0.1) is 0 Å². The highest BCUT2D eigenvalue weighted by Crippen LogP contribution is 2.34. The van der Waals surface area contributed by atoms with Crippen LogP contribution in [0.25, 0.3) is 6.08 Å². The molecular weight excluding hydrogens is 455 g/mol.